The molecule has 0 bridgehead atoms. The van der Waals surface area contributed by atoms with Gasteiger partial charge in [-0.05, 0) is 22.1 Å². The van der Waals surface area contributed by atoms with Crippen molar-refractivity contribution in [3.63, 3.8) is 0 Å². The van der Waals surface area contributed by atoms with Crippen molar-refractivity contribution in [3.8, 4) is 0 Å². The van der Waals surface area contributed by atoms with Gasteiger partial charge in [-0.3, -0.25) is 4.99 Å². The Labute approximate surface area is 67.9 Å². The zero-order chi connectivity index (χ0) is 6.97. The molecule has 2 aliphatic heterocycles. The molecule has 0 aromatic rings. The SMILES string of the molecule is BrC1=CC2C=CNC2N=C1. The maximum Gasteiger partial charge on any atom is 0.128 e. The van der Waals surface area contributed by atoms with Crippen LogP contribution in [-0.2, 0) is 0 Å². The average molecular weight is 199 g/mol. The zero-order valence-electron chi connectivity index (χ0n) is 5.29. The van der Waals surface area contributed by atoms with Crippen LogP contribution >= 0.6 is 15.9 Å². The van der Waals surface area contributed by atoms with Gasteiger partial charge in [-0.1, -0.05) is 12.2 Å². The van der Waals surface area contributed by atoms with Crippen LogP contribution in [0, 0.1) is 5.92 Å². The third-order valence-electron chi connectivity index (χ3n) is 1.66. The molecule has 1 N–H and O–H groups in total. The average Bonchev–Trinajstić information content (AvgIpc) is 2.33. The number of nitrogens with one attached hydrogen (secondary N) is 1. The van der Waals surface area contributed by atoms with E-state index in [1.807, 2.05) is 12.4 Å². The molecule has 0 radical (unpaired) electrons. The van der Waals surface area contributed by atoms with Crippen molar-refractivity contribution < 1.29 is 0 Å². The molecular weight excluding hydrogens is 192 g/mol. The Kier molecular flexibility index (Phi) is 1.38. The lowest BCUT2D eigenvalue weighted by molar-refractivity contribution is 0.571. The van der Waals surface area contributed by atoms with Crippen molar-refractivity contribution in [1.82, 2.24) is 5.32 Å². The predicted molar refractivity (Wildman–Crippen MR) is 45.1 cm³/mol. The Morgan fingerprint density at radius 3 is 3.40 bits per heavy atom. The standard InChI is InChI=1S/C7H7BrN2/c8-6-3-5-1-2-9-7(5)10-4-6/h1-5,7,9H. The number of dihydropyridines is 1. The van der Waals surface area contributed by atoms with E-state index in [1.54, 1.807) is 0 Å². The summed E-state index contributed by atoms with van der Waals surface area (Å²) in [5.41, 5.74) is 0. The molecule has 3 heteroatoms. The zero-order valence-corrected chi connectivity index (χ0v) is 6.88. The van der Waals surface area contributed by atoms with E-state index in [1.165, 1.54) is 0 Å². The minimum absolute atomic E-state index is 0.251. The predicted octanol–water partition coefficient (Wildman–Crippen LogP) is 1.41. The van der Waals surface area contributed by atoms with Gasteiger partial charge in [-0.25, -0.2) is 0 Å². The van der Waals surface area contributed by atoms with E-state index in [0.717, 1.165) is 4.48 Å². The maximum absolute atomic E-state index is 4.26. The van der Waals surface area contributed by atoms with Gasteiger partial charge in [0.05, 0.1) is 0 Å². The van der Waals surface area contributed by atoms with Crippen LogP contribution in [0.1, 0.15) is 0 Å². The molecule has 0 fully saturated rings. The fourth-order valence-corrected chi connectivity index (χ4v) is 1.57. The van der Waals surface area contributed by atoms with Crippen molar-refractivity contribution in [2.24, 2.45) is 10.9 Å². The van der Waals surface area contributed by atoms with Gasteiger partial charge < -0.3 is 5.32 Å². The number of hydrogen-bond donors (Lipinski definition) is 1. The summed E-state index contributed by atoms with van der Waals surface area (Å²) in [7, 11) is 0. The van der Waals surface area contributed by atoms with Crippen LogP contribution in [0.5, 0.6) is 0 Å². The van der Waals surface area contributed by atoms with Gasteiger partial charge in [-0.15, -0.1) is 0 Å². The number of fused-ring (bicyclic) bond motifs is 1. The van der Waals surface area contributed by atoms with E-state index in [9.17, 15) is 0 Å². The summed E-state index contributed by atoms with van der Waals surface area (Å²) in [4.78, 5) is 4.26. The Morgan fingerprint density at radius 2 is 2.50 bits per heavy atom. The summed E-state index contributed by atoms with van der Waals surface area (Å²) in [6.07, 6.45) is 8.30. The van der Waals surface area contributed by atoms with E-state index < -0.39 is 0 Å². The van der Waals surface area contributed by atoms with Gasteiger partial charge in [0.25, 0.3) is 0 Å². The summed E-state index contributed by atoms with van der Waals surface area (Å²) in [5.74, 6) is 0.444. The Balaban J connectivity index is 2.26. The molecule has 0 amide bonds. The van der Waals surface area contributed by atoms with Crippen LogP contribution in [0.25, 0.3) is 0 Å². The van der Waals surface area contributed by atoms with Crippen molar-refractivity contribution in [1.29, 1.82) is 0 Å². The lowest BCUT2D eigenvalue weighted by Crippen LogP contribution is -2.25. The largest absolute Gasteiger partial charge is 0.369 e. The summed E-state index contributed by atoms with van der Waals surface area (Å²) < 4.78 is 1.07. The molecule has 2 rings (SSSR count). The second kappa shape index (κ2) is 2.23. The molecule has 0 spiro atoms. The topological polar surface area (TPSA) is 24.4 Å². The smallest absolute Gasteiger partial charge is 0.128 e. The van der Waals surface area contributed by atoms with Crippen molar-refractivity contribution in [2.75, 3.05) is 0 Å². The van der Waals surface area contributed by atoms with Crippen LogP contribution in [0.15, 0.2) is 27.8 Å². The highest BCUT2D eigenvalue weighted by Gasteiger charge is 2.21. The monoisotopic (exact) mass is 198 g/mol. The quantitative estimate of drug-likeness (QED) is 0.626. The molecule has 2 unspecified atom stereocenters. The Bertz CT molecular complexity index is 230. The van der Waals surface area contributed by atoms with Gasteiger partial charge in [0.1, 0.15) is 6.17 Å². The molecule has 0 aliphatic carbocycles. The highest BCUT2D eigenvalue weighted by Crippen LogP contribution is 2.22. The van der Waals surface area contributed by atoms with Crippen molar-refractivity contribution in [3.05, 3.63) is 22.8 Å². The second-order valence-corrected chi connectivity index (χ2v) is 3.29. The van der Waals surface area contributed by atoms with E-state index in [-0.39, 0.29) is 6.17 Å². The van der Waals surface area contributed by atoms with Gasteiger partial charge in [-0.2, -0.15) is 0 Å². The molecule has 2 atom stereocenters. The molecular formula is C7H7BrN2. The number of hydrogen-bond acceptors (Lipinski definition) is 2. The molecule has 2 heterocycles. The normalized spacial score (nSPS) is 35.1. The first-order valence-electron chi connectivity index (χ1n) is 3.19. The minimum atomic E-state index is 0.251. The van der Waals surface area contributed by atoms with Crippen LogP contribution in [0.3, 0.4) is 0 Å². The van der Waals surface area contributed by atoms with E-state index >= 15 is 0 Å². The van der Waals surface area contributed by atoms with Gasteiger partial charge in [0, 0.05) is 16.6 Å². The van der Waals surface area contributed by atoms with Crippen LogP contribution in [0.4, 0.5) is 0 Å². The second-order valence-electron chi connectivity index (χ2n) is 2.38. The first-order valence-corrected chi connectivity index (χ1v) is 3.99. The molecule has 52 valence electrons. The molecule has 0 aromatic heterocycles. The van der Waals surface area contributed by atoms with Crippen LogP contribution < -0.4 is 5.32 Å². The first-order chi connectivity index (χ1) is 4.86. The van der Waals surface area contributed by atoms with Crippen LogP contribution in [0.2, 0.25) is 0 Å². The molecule has 0 saturated heterocycles. The lowest BCUT2D eigenvalue weighted by atomic mass is 10.1. The summed E-state index contributed by atoms with van der Waals surface area (Å²) >= 11 is 3.37. The molecule has 0 aromatic carbocycles. The fraction of sp³-hybridized carbons (Fsp3) is 0.286. The number of allylic oxidation sites excluding steroid dienone is 1. The van der Waals surface area contributed by atoms with Crippen LogP contribution in [-0.4, -0.2) is 12.4 Å². The fourth-order valence-electron chi connectivity index (χ4n) is 1.15. The lowest BCUT2D eigenvalue weighted by Gasteiger charge is -2.15. The number of aliphatic imine (C=N–C) groups is 1. The van der Waals surface area contributed by atoms with Gasteiger partial charge in [0.2, 0.25) is 0 Å². The highest BCUT2D eigenvalue weighted by molar-refractivity contribution is 9.12. The van der Waals surface area contributed by atoms with Gasteiger partial charge >= 0.3 is 0 Å². The molecule has 0 saturated carbocycles. The van der Waals surface area contributed by atoms with E-state index in [4.69, 9.17) is 0 Å². The number of nitrogens with zero attached hydrogens (tertiary/aromatic N) is 1. The number of halogens is 1. The maximum atomic E-state index is 4.26. The van der Waals surface area contributed by atoms with Crippen molar-refractivity contribution >= 4 is 22.1 Å². The number of rotatable bonds is 0. The summed E-state index contributed by atoms with van der Waals surface area (Å²) in [5, 5.41) is 3.14. The molecule has 10 heavy (non-hydrogen) atoms. The first kappa shape index (κ1) is 6.16. The van der Waals surface area contributed by atoms with Gasteiger partial charge in [0.15, 0.2) is 0 Å². The van der Waals surface area contributed by atoms with E-state index in [0.29, 0.717) is 5.92 Å². The molecule has 2 nitrogen and oxygen atoms in total. The Hall–Kier alpha value is -0.570. The molecule has 2 aliphatic rings. The summed E-state index contributed by atoms with van der Waals surface area (Å²) in [6, 6.07) is 0. The highest BCUT2D eigenvalue weighted by atomic mass is 79.9. The van der Waals surface area contributed by atoms with E-state index in [2.05, 4.69) is 38.4 Å². The minimum Gasteiger partial charge on any atom is -0.369 e. The van der Waals surface area contributed by atoms with Crippen molar-refractivity contribution in [2.45, 2.75) is 6.17 Å². The Morgan fingerprint density at radius 1 is 1.60 bits per heavy atom. The third-order valence-corrected chi connectivity index (χ3v) is 2.13. The third kappa shape index (κ3) is 0.904. The summed E-state index contributed by atoms with van der Waals surface area (Å²) in [6.45, 7) is 0.